The second kappa shape index (κ2) is 8.55. The summed E-state index contributed by atoms with van der Waals surface area (Å²) in [6.07, 6.45) is 6.85. The van der Waals surface area contributed by atoms with E-state index in [9.17, 15) is 0 Å². The minimum absolute atomic E-state index is 0.549. The highest BCUT2D eigenvalue weighted by atomic mass is 15.2. The molecule has 2 heteroatoms. The summed E-state index contributed by atoms with van der Waals surface area (Å²) < 4.78 is 0. The number of nitrogens with zero attached hydrogens (tertiary/aromatic N) is 1. The van der Waals surface area contributed by atoms with Crippen LogP contribution in [0.3, 0.4) is 0 Å². The van der Waals surface area contributed by atoms with Crippen molar-refractivity contribution in [1.29, 1.82) is 0 Å². The normalized spacial score (nSPS) is 20.1. The third-order valence-corrected chi connectivity index (χ3v) is 4.49. The summed E-state index contributed by atoms with van der Waals surface area (Å²) in [5, 5.41) is 3.48. The van der Waals surface area contributed by atoms with Crippen LogP contribution in [0.1, 0.15) is 64.0 Å². The molecule has 1 N–H and O–H groups in total. The lowest BCUT2D eigenvalue weighted by molar-refractivity contribution is 0.131. The van der Waals surface area contributed by atoms with Gasteiger partial charge in [-0.15, -0.1) is 0 Å². The van der Waals surface area contributed by atoms with Gasteiger partial charge in [-0.25, -0.2) is 0 Å². The van der Waals surface area contributed by atoms with E-state index >= 15 is 0 Å². The largest absolute Gasteiger partial charge is 0.310 e. The van der Waals surface area contributed by atoms with Gasteiger partial charge in [-0.1, -0.05) is 57.9 Å². The number of nitrogens with one attached hydrogen (secondary N) is 1. The molecule has 1 aliphatic heterocycles. The molecule has 0 radical (unpaired) electrons. The molecule has 118 valence electrons. The van der Waals surface area contributed by atoms with Gasteiger partial charge >= 0.3 is 0 Å². The highest BCUT2D eigenvalue weighted by Gasteiger charge is 2.21. The summed E-state index contributed by atoms with van der Waals surface area (Å²) in [4.78, 5) is 2.70. The fraction of sp³-hybridized carbons (Fsp3) is 0.684. The van der Waals surface area contributed by atoms with Crippen molar-refractivity contribution in [1.82, 2.24) is 10.2 Å². The van der Waals surface area contributed by atoms with Gasteiger partial charge in [0.1, 0.15) is 0 Å². The molecule has 0 aromatic heterocycles. The molecular formula is C19H32N2. The van der Waals surface area contributed by atoms with E-state index in [0.29, 0.717) is 6.04 Å². The number of piperidine rings is 1. The molecular weight excluding hydrogens is 256 g/mol. The quantitative estimate of drug-likeness (QED) is 0.803. The molecule has 1 aromatic rings. The molecule has 1 aliphatic rings. The first-order chi connectivity index (χ1) is 10.2. The first kappa shape index (κ1) is 16.5. The molecule has 21 heavy (non-hydrogen) atoms. The first-order valence-electron chi connectivity index (χ1n) is 8.74. The average Bonchev–Trinajstić information content (AvgIpc) is 2.49. The van der Waals surface area contributed by atoms with Gasteiger partial charge in [0.25, 0.3) is 0 Å². The molecule has 1 aromatic carbocycles. The molecule has 1 atom stereocenters. The van der Waals surface area contributed by atoms with Crippen molar-refractivity contribution in [3.05, 3.63) is 35.4 Å². The smallest absolute Gasteiger partial charge is 0.0236 e. The van der Waals surface area contributed by atoms with Crippen molar-refractivity contribution >= 4 is 0 Å². The van der Waals surface area contributed by atoms with Crippen molar-refractivity contribution in [2.24, 2.45) is 0 Å². The summed E-state index contributed by atoms with van der Waals surface area (Å²) in [6, 6.07) is 10.6. The van der Waals surface area contributed by atoms with E-state index in [-0.39, 0.29) is 0 Å². The standard InChI is InChI=1S/C19H32N2/c1-4-7-19-8-5-6-13-21(19)15-18-11-9-17(10-12-18)14-20-16(2)3/h9-12,16,19-20H,4-8,13-15H2,1-3H3. The maximum absolute atomic E-state index is 3.48. The fourth-order valence-corrected chi connectivity index (χ4v) is 3.25. The summed E-state index contributed by atoms with van der Waals surface area (Å²) in [7, 11) is 0. The van der Waals surface area contributed by atoms with E-state index in [1.807, 2.05) is 0 Å². The monoisotopic (exact) mass is 288 g/mol. The van der Waals surface area contributed by atoms with Crippen LogP contribution >= 0.6 is 0 Å². The van der Waals surface area contributed by atoms with E-state index in [1.54, 1.807) is 0 Å². The second-order valence-electron chi connectivity index (χ2n) is 6.76. The Morgan fingerprint density at radius 1 is 1.14 bits per heavy atom. The van der Waals surface area contributed by atoms with Crippen LogP contribution in [-0.4, -0.2) is 23.5 Å². The van der Waals surface area contributed by atoms with Gasteiger partial charge in [-0.2, -0.15) is 0 Å². The minimum atomic E-state index is 0.549. The van der Waals surface area contributed by atoms with Crippen LogP contribution in [0.15, 0.2) is 24.3 Å². The van der Waals surface area contributed by atoms with Crippen molar-refractivity contribution in [2.75, 3.05) is 6.54 Å². The Morgan fingerprint density at radius 3 is 2.52 bits per heavy atom. The van der Waals surface area contributed by atoms with Crippen molar-refractivity contribution in [3.63, 3.8) is 0 Å². The van der Waals surface area contributed by atoms with E-state index in [1.165, 1.54) is 49.8 Å². The predicted molar refractivity (Wildman–Crippen MR) is 91.4 cm³/mol. The summed E-state index contributed by atoms with van der Waals surface area (Å²) in [5.74, 6) is 0. The highest BCUT2D eigenvalue weighted by Crippen LogP contribution is 2.23. The highest BCUT2D eigenvalue weighted by molar-refractivity contribution is 5.22. The molecule has 0 amide bonds. The van der Waals surface area contributed by atoms with Gasteiger partial charge in [0.2, 0.25) is 0 Å². The van der Waals surface area contributed by atoms with Gasteiger partial charge in [-0.3, -0.25) is 4.90 Å². The summed E-state index contributed by atoms with van der Waals surface area (Å²) >= 11 is 0. The second-order valence-corrected chi connectivity index (χ2v) is 6.76. The average molecular weight is 288 g/mol. The van der Waals surface area contributed by atoms with Crippen molar-refractivity contribution < 1.29 is 0 Å². The van der Waals surface area contributed by atoms with Crippen molar-refractivity contribution in [2.45, 2.75) is 78.0 Å². The van der Waals surface area contributed by atoms with Crippen LogP contribution in [0.4, 0.5) is 0 Å². The zero-order valence-corrected chi connectivity index (χ0v) is 14.1. The Balaban J connectivity index is 1.89. The molecule has 1 fully saturated rings. The first-order valence-corrected chi connectivity index (χ1v) is 8.74. The van der Waals surface area contributed by atoms with Crippen LogP contribution < -0.4 is 5.32 Å². The lowest BCUT2D eigenvalue weighted by atomic mass is 9.97. The van der Waals surface area contributed by atoms with Crippen LogP contribution in [0.5, 0.6) is 0 Å². The number of rotatable bonds is 7. The Bertz CT molecular complexity index is 395. The zero-order chi connectivity index (χ0) is 15.1. The van der Waals surface area contributed by atoms with E-state index in [2.05, 4.69) is 55.3 Å². The van der Waals surface area contributed by atoms with Crippen LogP contribution in [-0.2, 0) is 13.1 Å². The predicted octanol–water partition coefficient (Wildman–Crippen LogP) is 4.34. The third kappa shape index (κ3) is 5.44. The molecule has 0 aliphatic carbocycles. The summed E-state index contributed by atoms with van der Waals surface area (Å²) in [5.41, 5.74) is 2.85. The van der Waals surface area contributed by atoms with E-state index < -0.39 is 0 Å². The third-order valence-electron chi connectivity index (χ3n) is 4.49. The molecule has 0 bridgehead atoms. The van der Waals surface area contributed by atoms with Gasteiger partial charge in [0.05, 0.1) is 0 Å². The maximum Gasteiger partial charge on any atom is 0.0236 e. The Morgan fingerprint density at radius 2 is 1.86 bits per heavy atom. The molecule has 0 spiro atoms. The topological polar surface area (TPSA) is 15.3 Å². The lowest BCUT2D eigenvalue weighted by Gasteiger charge is -2.35. The zero-order valence-electron chi connectivity index (χ0n) is 14.1. The molecule has 2 rings (SSSR count). The molecule has 1 unspecified atom stereocenters. The van der Waals surface area contributed by atoms with Crippen LogP contribution in [0.25, 0.3) is 0 Å². The van der Waals surface area contributed by atoms with Gasteiger partial charge in [-0.05, 0) is 36.9 Å². The van der Waals surface area contributed by atoms with E-state index in [4.69, 9.17) is 0 Å². The minimum Gasteiger partial charge on any atom is -0.310 e. The maximum atomic E-state index is 3.48. The molecule has 1 heterocycles. The molecule has 1 saturated heterocycles. The van der Waals surface area contributed by atoms with Gasteiger partial charge in [0, 0.05) is 25.2 Å². The molecule has 0 saturated carbocycles. The SMILES string of the molecule is CCCC1CCCCN1Cc1ccc(CNC(C)C)cc1. The van der Waals surface area contributed by atoms with E-state index in [0.717, 1.165) is 19.1 Å². The van der Waals surface area contributed by atoms with Crippen LogP contribution in [0, 0.1) is 0 Å². The van der Waals surface area contributed by atoms with Gasteiger partial charge < -0.3 is 5.32 Å². The Hall–Kier alpha value is -0.860. The number of hydrogen-bond donors (Lipinski definition) is 1. The molecule has 2 nitrogen and oxygen atoms in total. The number of hydrogen-bond acceptors (Lipinski definition) is 2. The Labute approximate surface area is 130 Å². The number of likely N-dealkylation sites (tertiary alicyclic amines) is 1. The van der Waals surface area contributed by atoms with Gasteiger partial charge in [0.15, 0.2) is 0 Å². The fourth-order valence-electron chi connectivity index (χ4n) is 3.25. The van der Waals surface area contributed by atoms with Crippen LogP contribution in [0.2, 0.25) is 0 Å². The summed E-state index contributed by atoms with van der Waals surface area (Å²) in [6.45, 7) is 10.1. The lowest BCUT2D eigenvalue weighted by Crippen LogP contribution is -2.38. The Kier molecular flexibility index (Phi) is 6.72. The number of benzene rings is 1. The van der Waals surface area contributed by atoms with Crippen molar-refractivity contribution in [3.8, 4) is 0 Å².